The number of phenolic OH excluding ortho intramolecular Hbond substituents is 1. The number of aromatic hydroxyl groups is 1. The van der Waals surface area contributed by atoms with Gasteiger partial charge in [0, 0.05) is 0 Å². The van der Waals surface area contributed by atoms with E-state index in [9.17, 15) is 5.11 Å². The Morgan fingerprint density at radius 2 is 2.09 bits per heavy atom. The fourth-order valence-corrected chi connectivity index (χ4v) is 2.29. The van der Waals surface area contributed by atoms with E-state index in [2.05, 4.69) is 36.2 Å². The molecule has 1 aromatic carbocycles. The number of allylic oxidation sites excluding steroid dienone is 6. The molecule has 0 aliphatic heterocycles. The van der Waals surface area contributed by atoms with Gasteiger partial charge in [-0.05, 0) is 43.5 Å². The van der Waals surface area contributed by atoms with Gasteiger partial charge in [-0.2, -0.15) is 0 Å². The number of hydrogen-bond donors (Lipinski definition) is 1. The van der Waals surface area contributed by atoms with Gasteiger partial charge in [0.15, 0.2) is 0 Å². The molecule has 0 heterocycles. The minimum Gasteiger partial charge on any atom is -0.507 e. The molecule has 1 N–H and O–H groups in total. The molecule has 114 valence electrons. The third-order valence-corrected chi connectivity index (χ3v) is 3.46. The highest BCUT2D eigenvalue weighted by atomic mass is 16.5. The number of rotatable bonds is 3. The van der Waals surface area contributed by atoms with Gasteiger partial charge in [0.2, 0.25) is 5.90 Å². The van der Waals surface area contributed by atoms with Crippen molar-refractivity contribution in [2.24, 2.45) is 4.99 Å². The maximum atomic E-state index is 9.99. The molecule has 0 bridgehead atoms. The number of phenols is 1. The van der Waals surface area contributed by atoms with Crippen molar-refractivity contribution in [2.45, 2.75) is 20.3 Å². The number of hydrogen-bond acceptors (Lipinski definition) is 3. The second-order valence-corrected chi connectivity index (χ2v) is 4.94. The molecule has 3 heteroatoms. The van der Waals surface area contributed by atoms with Gasteiger partial charge in [-0.1, -0.05) is 42.5 Å². The number of para-hydroxylation sites is 1. The normalized spacial score (nSPS) is 16.0. The summed E-state index contributed by atoms with van der Waals surface area (Å²) in [7, 11) is 1.56. The summed E-state index contributed by atoms with van der Waals surface area (Å²) < 4.78 is 5.39. The van der Waals surface area contributed by atoms with Crippen LogP contribution in [0.4, 0.5) is 0 Å². The average molecular weight is 295 g/mol. The van der Waals surface area contributed by atoms with Crippen molar-refractivity contribution in [3.63, 3.8) is 0 Å². The van der Waals surface area contributed by atoms with Crippen LogP contribution in [0, 0.1) is 0 Å². The van der Waals surface area contributed by atoms with Gasteiger partial charge in [-0.15, -0.1) is 0 Å². The first-order valence-corrected chi connectivity index (χ1v) is 7.29. The molecule has 2 rings (SSSR count). The van der Waals surface area contributed by atoms with Crippen molar-refractivity contribution in [1.29, 1.82) is 0 Å². The zero-order valence-electron chi connectivity index (χ0n) is 13.2. The summed E-state index contributed by atoms with van der Waals surface area (Å²) in [4.78, 5) is 4.62. The van der Waals surface area contributed by atoms with Gasteiger partial charge in [-0.3, -0.25) is 0 Å². The van der Waals surface area contributed by atoms with E-state index < -0.39 is 0 Å². The molecule has 1 aromatic rings. The summed E-state index contributed by atoms with van der Waals surface area (Å²) in [6.45, 7) is 4.01. The smallest absolute Gasteiger partial charge is 0.224 e. The summed E-state index contributed by atoms with van der Waals surface area (Å²) in [5.41, 5.74) is 3.65. The van der Waals surface area contributed by atoms with E-state index in [-0.39, 0.29) is 5.75 Å². The largest absolute Gasteiger partial charge is 0.507 e. The van der Waals surface area contributed by atoms with E-state index in [1.54, 1.807) is 25.3 Å². The Bertz CT molecular complexity index is 691. The Labute approximate surface area is 131 Å². The highest BCUT2D eigenvalue weighted by Gasteiger charge is 2.12. The highest BCUT2D eigenvalue weighted by molar-refractivity contribution is 5.97. The minimum atomic E-state index is 0.155. The Morgan fingerprint density at radius 3 is 2.77 bits per heavy atom. The molecule has 0 atom stereocenters. The molecule has 1 aliphatic carbocycles. The van der Waals surface area contributed by atoms with Crippen molar-refractivity contribution < 1.29 is 9.84 Å². The van der Waals surface area contributed by atoms with Crippen LogP contribution in [0.5, 0.6) is 5.75 Å². The Hall–Kier alpha value is -2.55. The lowest BCUT2D eigenvalue weighted by Gasteiger charge is -2.11. The standard InChI is InChI=1S/C19H21NO2/c1-4-17(15-11-7-5-6-10-14(15)2)20-19(22-3)16-12-8-9-13-18(16)21/h4-6,8-13,21H,7H2,1-3H3/b17-4+,20-19?. The third kappa shape index (κ3) is 3.55. The highest BCUT2D eigenvalue weighted by Crippen LogP contribution is 2.25. The molecule has 22 heavy (non-hydrogen) atoms. The van der Waals surface area contributed by atoms with Crippen LogP contribution in [0.15, 0.2) is 76.5 Å². The van der Waals surface area contributed by atoms with Crippen LogP contribution in [0.2, 0.25) is 0 Å². The predicted octanol–water partition coefficient (Wildman–Crippen LogP) is 4.52. The molecule has 1 aliphatic rings. The Kier molecular flexibility index (Phi) is 5.37. The molecule has 0 amide bonds. The lowest BCUT2D eigenvalue weighted by Crippen LogP contribution is -2.05. The van der Waals surface area contributed by atoms with E-state index in [1.807, 2.05) is 19.1 Å². The molecule has 0 saturated carbocycles. The monoisotopic (exact) mass is 295 g/mol. The fraction of sp³-hybridized carbons (Fsp3) is 0.211. The second kappa shape index (κ2) is 7.46. The SMILES string of the molecule is C/C=C(/N=C(OC)c1ccccc1O)C1=CCC=CC=C1C. The molecule has 0 spiro atoms. The fourth-order valence-electron chi connectivity index (χ4n) is 2.29. The molecular weight excluding hydrogens is 274 g/mol. The topological polar surface area (TPSA) is 41.8 Å². The summed E-state index contributed by atoms with van der Waals surface area (Å²) >= 11 is 0. The van der Waals surface area contributed by atoms with Crippen molar-refractivity contribution in [3.05, 3.63) is 77.1 Å². The number of methoxy groups -OCH3 is 1. The quantitative estimate of drug-likeness (QED) is 0.658. The van der Waals surface area contributed by atoms with Gasteiger partial charge in [0.1, 0.15) is 5.75 Å². The lowest BCUT2D eigenvalue weighted by atomic mass is 10.0. The first-order chi connectivity index (χ1) is 10.7. The number of nitrogens with zero attached hydrogens (tertiary/aromatic N) is 1. The van der Waals surface area contributed by atoms with Crippen molar-refractivity contribution in [2.75, 3.05) is 7.11 Å². The average Bonchev–Trinajstić information content (AvgIpc) is 2.74. The summed E-state index contributed by atoms with van der Waals surface area (Å²) in [6, 6.07) is 7.03. The van der Waals surface area contributed by atoms with Crippen molar-refractivity contribution >= 4 is 5.90 Å². The van der Waals surface area contributed by atoms with E-state index in [1.165, 1.54) is 0 Å². The molecule has 0 saturated heterocycles. The maximum absolute atomic E-state index is 9.99. The molecular formula is C19H21NO2. The lowest BCUT2D eigenvalue weighted by molar-refractivity contribution is 0.399. The molecule has 0 fully saturated rings. The van der Waals surface area contributed by atoms with Crippen LogP contribution in [-0.4, -0.2) is 18.1 Å². The van der Waals surface area contributed by atoms with E-state index in [4.69, 9.17) is 4.74 Å². The zero-order valence-corrected chi connectivity index (χ0v) is 13.2. The maximum Gasteiger partial charge on any atom is 0.224 e. The van der Waals surface area contributed by atoms with Crippen LogP contribution in [0.3, 0.4) is 0 Å². The first kappa shape index (κ1) is 15.8. The number of aliphatic imine (C=N–C) groups is 1. The summed E-state index contributed by atoms with van der Waals surface area (Å²) in [5.74, 6) is 0.555. The number of benzene rings is 1. The van der Waals surface area contributed by atoms with Crippen LogP contribution in [0.25, 0.3) is 0 Å². The van der Waals surface area contributed by atoms with Gasteiger partial charge in [-0.25, -0.2) is 4.99 Å². The minimum absolute atomic E-state index is 0.155. The first-order valence-electron chi connectivity index (χ1n) is 7.29. The van der Waals surface area contributed by atoms with Crippen LogP contribution in [-0.2, 0) is 4.74 Å². The van der Waals surface area contributed by atoms with E-state index in [0.29, 0.717) is 11.5 Å². The van der Waals surface area contributed by atoms with Crippen LogP contribution in [0.1, 0.15) is 25.8 Å². The molecule has 0 radical (unpaired) electrons. The zero-order chi connectivity index (χ0) is 15.9. The Morgan fingerprint density at radius 1 is 1.32 bits per heavy atom. The Balaban J connectivity index is 2.43. The molecule has 0 aromatic heterocycles. The van der Waals surface area contributed by atoms with Crippen LogP contribution < -0.4 is 0 Å². The van der Waals surface area contributed by atoms with Crippen LogP contribution >= 0.6 is 0 Å². The van der Waals surface area contributed by atoms with Gasteiger partial charge in [0.05, 0.1) is 18.4 Å². The molecule has 0 unspecified atom stereocenters. The van der Waals surface area contributed by atoms with Gasteiger partial charge in [0.25, 0.3) is 0 Å². The van der Waals surface area contributed by atoms with E-state index in [0.717, 1.165) is 23.3 Å². The second-order valence-electron chi connectivity index (χ2n) is 4.94. The van der Waals surface area contributed by atoms with Crippen molar-refractivity contribution in [3.8, 4) is 5.75 Å². The predicted molar refractivity (Wildman–Crippen MR) is 91.0 cm³/mol. The summed E-state index contributed by atoms with van der Waals surface area (Å²) in [6.07, 6.45) is 11.2. The van der Waals surface area contributed by atoms with Crippen molar-refractivity contribution in [1.82, 2.24) is 0 Å². The van der Waals surface area contributed by atoms with Gasteiger partial charge >= 0.3 is 0 Å². The van der Waals surface area contributed by atoms with E-state index >= 15 is 0 Å². The summed E-state index contributed by atoms with van der Waals surface area (Å²) in [5, 5.41) is 9.99. The number of ether oxygens (including phenoxy) is 1. The van der Waals surface area contributed by atoms with Gasteiger partial charge < -0.3 is 9.84 Å². The molecule has 3 nitrogen and oxygen atoms in total. The third-order valence-electron chi connectivity index (χ3n) is 3.46.